The van der Waals surface area contributed by atoms with E-state index in [0.717, 1.165) is 0 Å². The normalized spacial score (nSPS) is 15.2. The van der Waals surface area contributed by atoms with Gasteiger partial charge in [-0.15, -0.1) is 39.5 Å². The van der Waals surface area contributed by atoms with E-state index < -0.39 is 25.7 Å². The first-order chi connectivity index (χ1) is 5.37. The van der Waals surface area contributed by atoms with Crippen molar-refractivity contribution in [3.8, 4) is 0 Å². The van der Waals surface area contributed by atoms with Gasteiger partial charge in [-0.2, -0.15) is 0 Å². The lowest BCUT2D eigenvalue weighted by Crippen LogP contribution is -2.27. The van der Waals surface area contributed by atoms with E-state index in [0.29, 0.717) is 0 Å². The van der Waals surface area contributed by atoms with Crippen LogP contribution in [0.5, 0.6) is 0 Å². The maximum Gasteiger partial charge on any atom is 0.526 e. The number of hydrogen-bond acceptors (Lipinski definition) is 0. The van der Waals surface area contributed by atoms with E-state index in [1.165, 1.54) is 0 Å². The Morgan fingerprint density at radius 1 is 0.462 bits per heavy atom. The summed E-state index contributed by atoms with van der Waals surface area (Å²) in [5, 5.41) is 0. The van der Waals surface area contributed by atoms with Crippen molar-refractivity contribution < 1.29 is 39.5 Å². The van der Waals surface area contributed by atoms with Crippen molar-refractivity contribution in [1.29, 1.82) is 0 Å². The fourth-order valence-electron chi connectivity index (χ4n) is 0.482. The van der Waals surface area contributed by atoms with Gasteiger partial charge in [0.1, 0.15) is 0 Å². The zero-order valence-electron chi connectivity index (χ0n) is 5.40. The average molecular weight is 239 g/mol. The van der Waals surface area contributed by atoms with E-state index in [9.17, 15) is 39.5 Å². The molecule has 0 heterocycles. The number of rotatable bonds is 0. The molecular formula is C3HF9P+. The second-order valence-electron chi connectivity index (χ2n) is 1.87. The van der Waals surface area contributed by atoms with E-state index in [-0.39, 0.29) is 0 Å². The van der Waals surface area contributed by atoms with Crippen LogP contribution < -0.4 is 0 Å². The van der Waals surface area contributed by atoms with Crippen molar-refractivity contribution in [2.75, 3.05) is 0 Å². The highest BCUT2D eigenvalue weighted by Gasteiger charge is 2.79. The zero-order valence-corrected chi connectivity index (χ0v) is 6.40. The number of alkyl halides is 9. The molecule has 0 aliphatic heterocycles. The maximum absolute atomic E-state index is 11.3. The molecule has 0 bridgehead atoms. The number of hydrogen-bond donors (Lipinski definition) is 0. The van der Waals surface area contributed by atoms with Crippen LogP contribution in [0.15, 0.2) is 0 Å². The van der Waals surface area contributed by atoms with Gasteiger partial charge in [0.2, 0.25) is 0 Å². The summed E-state index contributed by atoms with van der Waals surface area (Å²) in [6.45, 7) is 0. The lowest BCUT2D eigenvalue weighted by Gasteiger charge is -2.16. The molecule has 0 radical (unpaired) electrons. The zero-order chi connectivity index (χ0) is 11.1. The van der Waals surface area contributed by atoms with Gasteiger partial charge in [0.15, 0.2) is 0 Å². The minimum Gasteiger partial charge on any atom is -0.134 e. The SMILES string of the molecule is FC(F)(F)[PH+](C(F)(F)F)C(F)(F)F. The summed E-state index contributed by atoms with van der Waals surface area (Å²) >= 11 is 0. The van der Waals surface area contributed by atoms with Gasteiger partial charge >= 0.3 is 25.7 Å². The van der Waals surface area contributed by atoms with Gasteiger partial charge < -0.3 is 0 Å². The van der Waals surface area contributed by atoms with Gasteiger partial charge in [-0.05, 0) is 0 Å². The quantitative estimate of drug-likeness (QED) is 0.446. The maximum atomic E-state index is 11.3. The van der Waals surface area contributed by atoms with Crippen molar-refractivity contribution in [1.82, 2.24) is 0 Å². The first-order valence-corrected chi connectivity index (χ1v) is 3.95. The molecule has 0 aliphatic rings. The lowest BCUT2D eigenvalue weighted by molar-refractivity contribution is -0.123. The van der Waals surface area contributed by atoms with Crippen LogP contribution in [-0.4, -0.2) is 17.8 Å². The molecule has 0 rings (SSSR count). The Morgan fingerprint density at radius 2 is 0.615 bits per heavy atom. The average Bonchev–Trinajstić information content (AvgIpc) is 1.44. The van der Waals surface area contributed by atoms with Crippen LogP contribution in [0.25, 0.3) is 0 Å². The standard InChI is InChI=1S/C3F9P/c4-1(5,6)13(2(7,8)9)3(10,11)12/p+1. The van der Waals surface area contributed by atoms with Gasteiger partial charge in [0.05, 0.1) is 0 Å². The minimum absolute atomic E-state index is 6.26. The van der Waals surface area contributed by atoms with Crippen LogP contribution in [0, 0.1) is 0 Å². The van der Waals surface area contributed by atoms with Crippen LogP contribution in [-0.2, 0) is 0 Å². The number of halogens is 9. The van der Waals surface area contributed by atoms with E-state index in [4.69, 9.17) is 0 Å². The van der Waals surface area contributed by atoms with Crippen LogP contribution in [0.3, 0.4) is 0 Å². The summed E-state index contributed by atoms with van der Waals surface area (Å²) in [5.41, 5.74) is 0. The van der Waals surface area contributed by atoms with Gasteiger partial charge in [-0.25, -0.2) is 0 Å². The summed E-state index contributed by atoms with van der Waals surface area (Å²) in [5.74, 6) is -18.8. The highest BCUT2D eigenvalue weighted by molar-refractivity contribution is 7.60. The Hall–Kier alpha value is -0.200. The molecule has 0 aromatic heterocycles. The predicted octanol–water partition coefficient (Wildman–Crippen LogP) is 3.76. The van der Waals surface area contributed by atoms with Crippen LogP contribution in [0.4, 0.5) is 39.5 Å². The van der Waals surface area contributed by atoms with Crippen molar-refractivity contribution in [3.05, 3.63) is 0 Å². The molecule has 0 fully saturated rings. The molecule has 0 atom stereocenters. The second kappa shape index (κ2) is 3.18. The first-order valence-electron chi connectivity index (χ1n) is 2.45. The van der Waals surface area contributed by atoms with E-state index >= 15 is 0 Å². The fourth-order valence-corrected chi connectivity index (χ4v) is 1.45. The third-order valence-corrected chi connectivity index (χ3v) is 2.55. The molecule has 0 aliphatic carbocycles. The topological polar surface area (TPSA) is 0 Å². The third kappa shape index (κ3) is 3.58. The molecule has 0 aromatic rings. The van der Waals surface area contributed by atoms with Crippen molar-refractivity contribution >= 4 is 7.92 Å². The summed E-state index contributed by atoms with van der Waals surface area (Å²) in [6, 6.07) is 0. The molecule has 10 heteroatoms. The molecule has 0 amide bonds. The molecule has 0 unspecified atom stereocenters. The Morgan fingerprint density at radius 3 is 0.615 bits per heavy atom. The Kier molecular flexibility index (Phi) is 3.13. The smallest absolute Gasteiger partial charge is 0.134 e. The van der Waals surface area contributed by atoms with Crippen LogP contribution >= 0.6 is 7.92 Å². The molecule has 0 saturated heterocycles. The van der Waals surface area contributed by atoms with Crippen molar-refractivity contribution in [2.45, 2.75) is 17.8 Å². The summed E-state index contributed by atoms with van der Waals surface area (Å²) in [6.07, 6.45) is 0. The summed E-state index contributed by atoms with van der Waals surface area (Å²) in [7, 11) is -6.39. The van der Waals surface area contributed by atoms with Crippen LogP contribution in [0.1, 0.15) is 0 Å². The van der Waals surface area contributed by atoms with Gasteiger partial charge in [0, 0.05) is 0 Å². The largest absolute Gasteiger partial charge is 0.526 e. The van der Waals surface area contributed by atoms with Crippen molar-refractivity contribution in [3.63, 3.8) is 0 Å². The first kappa shape index (κ1) is 12.8. The molecule has 13 heavy (non-hydrogen) atoms. The van der Waals surface area contributed by atoms with E-state index in [2.05, 4.69) is 0 Å². The summed E-state index contributed by atoms with van der Waals surface area (Å²) < 4.78 is 102. The van der Waals surface area contributed by atoms with Gasteiger partial charge in [0.25, 0.3) is 0 Å². The molecule has 0 nitrogen and oxygen atoms in total. The molecular weight excluding hydrogens is 238 g/mol. The molecule has 0 saturated carbocycles. The van der Waals surface area contributed by atoms with Crippen molar-refractivity contribution in [2.24, 2.45) is 0 Å². The van der Waals surface area contributed by atoms with Gasteiger partial charge in [-0.1, -0.05) is 0 Å². The summed E-state index contributed by atoms with van der Waals surface area (Å²) in [4.78, 5) is 0. The molecule has 80 valence electrons. The third-order valence-electron chi connectivity index (χ3n) is 0.850. The molecule has 0 N–H and O–H groups in total. The van der Waals surface area contributed by atoms with Crippen LogP contribution in [0.2, 0.25) is 0 Å². The Bertz CT molecular complexity index is 137. The Labute approximate surface area is 66.5 Å². The molecule has 0 aromatic carbocycles. The highest BCUT2D eigenvalue weighted by atomic mass is 31.1. The van der Waals surface area contributed by atoms with E-state index in [1.54, 1.807) is 0 Å². The monoisotopic (exact) mass is 239 g/mol. The minimum atomic E-state index is -6.39. The second-order valence-corrected chi connectivity index (χ2v) is 4.32. The molecule has 0 spiro atoms. The highest BCUT2D eigenvalue weighted by Crippen LogP contribution is 2.72. The van der Waals surface area contributed by atoms with E-state index in [1.807, 2.05) is 0 Å². The fraction of sp³-hybridized carbons (Fsp3) is 1.00. The predicted molar refractivity (Wildman–Crippen MR) is 26.5 cm³/mol. The lowest BCUT2D eigenvalue weighted by atomic mass is 11.5. The Balaban J connectivity index is 5.02. The van der Waals surface area contributed by atoms with Gasteiger partial charge in [-0.3, -0.25) is 0 Å².